The largest absolute Gasteiger partial charge is 0.491 e. The smallest absolute Gasteiger partial charge is 0.241 e. The van der Waals surface area contributed by atoms with Gasteiger partial charge in [-0.15, -0.1) is 0 Å². The highest BCUT2D eigenvalue weighted by molar-refractivity contribution is 5.94. The van der Waals surface area contributed by atoms with Crippen molar-refractivity contribution in [1.82, 2.24) is 5.32 Å². The number of hydrogen-bond acceptors (Lipinski definition) is 3. The first-order valence-corrected chi connectivity index (χ1v) is 7.08. The molecule has 108 valence electrons. The first-order chi connectivity index (χ1) is 10.2. The molecule has 0 bridgehead atoms. The Morgan fingerprint density at radius 3 is 2.67 bits per heavy atom. The van der Waals surface area contributed by atoms with Gasteiger partial charge in [-0.05, 0) is 25.1 Å². The highest BCUT2D eigenvalue weighted by Crippen LogP contribution is 2.31. The molecule has 21 heavy (non-hydrogen) atoms. The quantitative estimate of drug-likeness (QED) is 0.906. The number of ether oxygens (including phenoxy) is 1. The molecule has 3 rings (SSSR count). The lowest BCUT2D eigenvalue weighted by Gasteiger charge is -2.18. The van der Waals surface area contributed by atoms with Crippen molar-refractivity contribution < 1.29 is 9.53 Å². The van der Waals surface area contributed by atoms with E-state index in [4.69, 9.17) is 4.74 Å². The maximum absolute atomic E-state index is 12.2. The molecule has 1 heterocycles. The van der Waals surface area contributed by atoms with Crippen LogP contribution in [0.1, 0.15) is 18.5 Å². The molecule has 0 radical (unpaired) electrons. The van der Waals surface area contributed by atoms with Gasteiger partial charge in [-0.2, -0.15) is 0 Å². The molecule has 0 saturated heterocycles. The third-order valence-corrected chi connectivity index (χ3v) is 3.59. The average molecular weight is 282 g/mol. The second-order valence-electron chi connectivity index (χ2n) is 5.15. The molecule has 2 N–H and O–H groups in total. The van der Waals surface area contributed by atoms with E-state index in [1.807, 2.05) is 61.5 Å². The number of carbonyl (C=O) groups is 1. The van der Waals surface area contributed by atoms with Crippen molar-refractivity contribution in [3.63, 3.8) is 0 Å². The lowest BCUT2D eigenvalue weighted by atomic mass is 10.1. The lowest BCUT2D eigenvalue weighted by Crippen LogP contribution is -2.40. The zero-order chi connectivity index (χ0) is 14.7. The van der Waals surface area contributed by atoms with Crippen LogP contribution in [0, 0.1) is 0 Å². The van der Waals surface area contributed by atoms with Gasteiger partial charge in [0.2, 0.25) is 5.91 Å². The first kappa shape index (κ1) is 13.6. The number of nitrogens with one attached hydrogen (secondary N) is 2. The molecule has 1 aliphatic rings. The van der Waals surface area contributed by atoms with E-state index >= 15 is 0 Å². The topological polar surface area (TPSA) is 50.4 Å². The second kappa shape index (κ2) is 5.97. The number of fused-ring (bicyclic) bond motifs is 1. The van der Waals surface area contributed by atoms with Gasteiger partial charge in [0.15, 0.2) is 0 Å². The molecular weight excluding hydrogens is 264 g/mol. The standard InChI is InChI=1S/C17H18N2O2/c1-12(17(20)19-13-7-3-2-4-8-13)18-15-11-21-16-10-6-5-9-14(15)16/h2-10,12,15,18H,11H2,1H3,(H,19,20). The molecule has 0 aliphatic carbocycles. The van der Waals surface area contributed by atoms with Crippen molar-refractivity contribution in [2.24, 2.45) is 0 Å². The Balaban J connectivity index is 1.62. The molecule has 1 amide bonds. The Morgan fingerprint density at radius 2 is 1.86 bits per heavy atom. The predicted octanol–water partition coefficient (Wildman–Crippen LogP) is 2.74. The van der Waals surface area contributed by atoms with Crippen LogP contribution in [-0.2, 0) is 4.79 Å². The fourth-order valence-electron chi connectivity index (χ4n) is 2.45. The number of anilines is 1. The number of benzene rings is 2. The Bertz CT molecular complexity index is 628. The fourth-order valence-corrected chi connectivity index (χ4v) is 2.45. The van der Waals surface area contributed by atoms with Crippen LogP contribution in [0.3, 0.4) is 0 Å². The third kappa shape index (κ3) is 3.06. The monoisotopic (exact) mass is 282 g/mol. The van der Waals surface area contributed by atoms with E-state index in [-0.39, 0.29) is 18.0 Å². The Morgan fingerprint density at radius 1 is 1.14 bits per heavy atom. The number of amides is 1. The van der Waals surface area contributed by atoms with Crippen molar-refractivity contribution >= 4 is 11.6 Å². The molecule has 0 spiro atoms. The van der Waals surface area contributed by atoms with Crippen molar-refractivity contribution in [3.05, 3.63) is 60.2 Å². The zero-order valence-electron chi connectivity index (χ0n) is 11.9. The van der Waals surface area contributed by atoms with Crippen LogP contribution >= 0.6 is 0 Å². The summed E-state index contributed by atoms with van der Waals surface area (Å²) in [6, 6.07) is 17.1. The molecule has 4 nitrogen and oxygen atoms in total. The second-order valence-corrected chi connectivity index (χ2v) is 5.15. The van der Waals surface area contributed by atoms with Crippen LogP contribution in [0.2, 0.25) is 0 Å². The molecule has 2 unspecified atom stereocenters. The molecule has 1 aliphatic heterocycles. The summed E-state index contributed by atoms with van der Waals surface area (Å²) in [6.07, 6.45) is 0. The van der Waals surface area contributed by atoms with Crippen LogP contribution in [0.4, 0.5) is 5.69 Å². The summed E-state index contributed by atoms with van der Waals surface area (Å²) < 4.78 is 5.62. The SMILES string of the molecule is CC(NC1COc2ccccc21)C(=O)Nc1ccccc1. The summed E-state index contributed by atoms with van der Waals surface area (Å²) in [5.41, 5.74) is 1.91. The summed E-state index contributed by atoms with van der Waals surface area (Å²) in [4.78, 5) is 12.2. The minimum atomic E-state index is -0.301. The Kier molecular flexibility index (Phi) is 3.88. The third-order valence-electron chi connectivity index (χ3n) is 3.59. The Labute approximate surface area is 124 Å². The molecule has 2 atom stereocenters. The molecule has 0 fully saturated rings. The summed E-state index contributed by atoms with van der Waals surface area (Å²) in [7, 11) is 0. The van der Waals surface area contributed by atoms with Gasteiger partial charge < -0.3 is 10.1 Å². The minimum absolute atomic E-state index is 0.0504. The number of carbonyl (C=O) groups excluding carboxylic acids is 1. The van der Waals surface area contributed by atoms with E-state index < -0.39 is 0 Å². The van der Waals surface area contributed by atoms with Gasteiger partial charge in [0, 0.05) is 11.3 Å². The van der Waals surface area contributed by atoms with Crippen LogP contribution in [-0.4, -0.2) is 18.6 Å². The van der Waals surface area contributed by atoms with Gasteiger partial charge in [-0.3, -0.25) is 10.1 Å². The molecule has 2 aromatic carbocycles. The zero-order valence-corrected chi connectivity index (χ0v) is 11.9. The molecule has 0 aromatic heterocycles. The van der Waals surface area contributed by atoms with Gasteiger partial charge in [0.25, 0.3) is 0 Å². The normalized spacial score (nSPS) is 17.7. The van der Waals surface area contributed by atoms with Crippen LogP contribution in [0.15, 0.2) is 54.6 Å². The maximum Gasteiger partial charge on any atom is 0.241 e. The number of para-hydroxylation sites is 2. The van der Waals surface area contributed by atoms with E-state index in [0.29, 0.717) is 6.61 Å². The number of rotatable bonds is 4. The van der Waals surface area contributed by atoms with E-state index in [2.05, 4.69) is 10.6 Å². The van der Waals surface area contributed by atoms with Gasteiger partial charge in [-0.1, -0.05) is 36.4 Å². The molecule has 2 aromatic rings. The average Bonchev–Trinajstić information content (AvgIpc) is 2.91. The molecule has 4 heteroatoms. The predicted molar refractivity (Wildman–Crippen MR) is 82.3 cm³/mol. The van der Waals surface area contributed by atoms with E-state index in [1.165, 1.54) is 0 Å². The summed E-state index contributed by atoms with van der Waals surface area (Å²) in [6.45, 7) is 2.42. The summed E-state index contributed by atoms with van der Waals surface area (Å²) in [5, 5.41) is 6.22. The van der Waals surface area contributed by atoms with Crippen molar-refractivity contribution in [1.29, 1.82) is 0 Å². The molecular formula is C17H18N2O2. The van der Waals surface area contributed by atoms with Crippen molar-refractivity contribution in [3.8, 4) is 5.75 Å². The van der Waals surface area contributed by atoms with Crippen LogP contribution in [0.5, 0.6) is 5.75 Å². The Hall–Kier alpha value is -2.33. The number of hydrogen-bond donors (Lipinski definition) is 2. The van der Waals surface area contributed by atoms with Gasteiger partial charge in [-0.25, -0.2) is 0 Å². The molecule has 0 saturated carbocycles. The van der Waals surface area contributed by atoms with Crippen LogP contribution in [0.25, 0.3) is 0 Å². The fraction of sp³-hybridized carbons (Fsp3) is 0.235. The van der Waals surface area contributed by atoms with E-state index in [0.717, 1.165) is 17.0 Å². The summed E-state index contributed by atoms with van der Waals surface area (Å²) >= 11 is 0. The van der Waals surface area contributed by atoms with Gasteiger partial charge in [0.05, 0.1) is 12.1 Å². The summed E-state index contributed by atoms with van der Waals surface area (Å²) in [5.74, 6) is 0.844. The first-order valence-electron chi connectivity index (χ1n) is 7.08. The van der Waals surface area contributed by atoms with Gasteiger partial charge in [0.1, 0.15) is 12.4 Å². The van der Waals surface area contributed by atoms with Crippen molar-refractivity contribution in [2.75, 3.05) is 11.9 Å². The van der Waals surface area contributed by atoms with Gasteiger partial charge >= 0.3 is 0 Å². The van der Waals surface area contributed by atoms with Crippen molar-refractivity contribution in [2.45, 2.75) is 19.0 Å². The highest BCUT2D eigenvalue weighted by Gasteiger charge is 2.26. The lowest BCUT2D eigenvalue weighted by molar-refractivity contribution is -0.118. The highest BCUT2D eigenvalue weighted by atomic mass is 16.5. The maximum atomic E-state index is 12.2. The van der Waals surface area contributed by atoms with E-state index in [1.54, 1.807) is 0 Å². The van der Waals surface area contributed by atoms with Crippen LogP contribution < -0.4 is 15.4 Å². The minimum Gasteiger partial charge on any atom is -0.491 e. The van der Waals surface area contributed by atoms with E-state index in [9.17, 15) is 4.79 Å².